The molecule has 6 nitrogen and oxygen atoms in total. The van der Waals surface area contributed by atoms with E-state index in [1.54, 1.807) is 7.11 Å². The highest BCUT2D eigenvalue weighted by molar-refractivity contribution is 5.36. The van der Waals surface area contributed by atoms with Crippen molar-refractivity contribution in [2.75, 3.05) is 46.6 Å². The third-order valence-electron chi connectivity index (χ3n) is 5.69. The van der Waals surface area contributed by atoms with Gasteiger partial charge in [0, 0.05) is 45.4 Å². The summed E-state index contributed by atoms with van der Waals surface area (Å²) in [6.45, 7) is 7.31. The summed E-state index contributed by atoms with van der Waals surface area (Å²) in [5.74, 6) is 1.70. The van der Waals surface area contributed by atoms with E-state index < -0.39 is 0 Å². The van der Waals surface area contributed by atoms with E-state index in [1.807, 2.05) is 18.2 Å². The zero-order valence-electron chi connectivity index (χ0n) is 18.1. The number of rotatable bonds is 10. The molecule has 2 N–H and O–H groups in total. The minimum Gasteiger partial charge on any atom is -0.496 e. The van der Waals surface area contributed by atoms with Crippen LogP contribution in [0.2, 0.25) is 0 Å². The van der Waals surface area contributed by atoms with Gasteiger partial charge in [0.1, 0.15) is 18.1 Å². The van der Waals surface area contributed by atoms with Crippen LogP contribution in [0.5, 0.6) is 11.5 Å². The molecule has 0 aliphatic carbocycles. The van der Waals surface area contributed by atoms with Gasteiger partial charge >= 0.3 is 0 Å². The fraction of sp³-hybridized carbons (Fsp3) is 0.500. The largest absolute Gasteiger partial charge is 0.496 e. The maximum Gasteiger partial charge on any atom is 0.121 e. The highest BCUT2D eigenvalue weighted by Crippen LogP contribution is 2.23. The quantitative estimate of drug-likeness (QED) is 0.623. The van der Waals surface area contributed by atoms with Gasteiger partial charge in [0.2, 0.25) is 0 Å². The number of ether oxygens (including phenoxy) is 2. The van der Waals surface area contributed by atoms with Crippen LogP contribution in [0, 0.1) is 6.92 Å². The van der Waals surface area contributed by atoms with Crippen molar-refractivity contribution in [3.05, 3.63) is 59.2 Å². The van der Waals surface area contributed by atoms with E-state index in [0.717, 1.165) is 56.2 Å². The average molecular weight is 415 g/mol. The number of nitrogens with zero attached hydrogens (tertiary/aromatic N) is 2. The van der Waals surface area contributed by atoms with E-state index in [4.69, 9.17) is 14.6 Å². The molecule has 0 radical (unpaired) electrons. The summed E-state index contributed by atoms with van der Waals surface area (Å²) in [7, 11) is 1.70. The third-order valence-corrected chi connectivity index (χ3v) is 5.69. The van der Waals surface area contributed by atoms with E-state index in [-0.39, 0.29) is 13.2 Å². The first kappa shape index (κ1) is 22.6. The molecule has 1 atom stereocenters. The highest BCUT2D eigenvalue weighted by atomic mass is 16.5. The predicted octanol–water partition coefficient (Wildman–Crippen LogP) is 2.44. The summed E-state index contributed by atoms with van der Waals surface area (Å²) < 4.78 is 10.8. The van der Waals surface area contributed by atoms with Crippen molar-refractivity contribution in [3.63, 3.8) is 0 Å². The third kappa shape index (κ3) is 6.19. The Labute approximate surface area is 179 Å². The van der Waals surface area contributed by atoms with Crippen LogP contribution in [0.15, 0.2) is 42.5 Å². The molecule has 164 valence electrons. The predicted molar refractivity (Wildman–Crippen MR) is 118 cm³/mol. The van der Waals surface area contributed by atoms with Crippen molar-refractivity contribution in [2.45, 2.75) is 32.5 Å². The summed E-state index contributed by atoms with van der Waals surface area (Å²) >= 11 is 0. The van der Waals surface area contributed by atoms with Crippen LogP contribution in [-0.4, -0.2) is 72.6 Å². The molecule has 1 saturated heterocycles. The number of methoxy groups -OCH3 is 1. The number of hydrogen-bond donors (Lipinski definition) is 2. The van der Waals surface area contributed by atoms with Crippen LogP contribution in [0.3, 0.4) is 0 Å². The summed E-state index contributed by atoms with van der Waals surface area (Å²) in [5, 5.41) is 18.5. The standard InChI is InChI=1S/C24H34N2O4/c1-19-15-21(5-8-24(19)29-2)17-26-11-10-25(18-22(26)9-12-27)16-20-3-6-23(7-4-20)30-14-13-28/h3-8,15,22,27-28H,9-14,16-18H2,1-2H3/t22-/m0/s1. The molecule has 2 aromatic carbocycles. The Morgan fingerprint density at radius 3 is 2.40 bits per heavy atom. The highest BCUT2D eigenvalue weighted by Gasteiger charge is 2.26. The lowest BCUT2D eigenvalue weighted by Gasteiger charge is -2.41. The van der Waals surface area contributed by atoms with Crippen LogP contribution in [-0.2, 0) is 13.1 Å². The molecule has 0 saturated carbocycles. The molecule has 0 bridgehead atoms. The first-order valence-electron chi connectivity index (χ1n) is 10.7. The Balaban J connectivity index is 1.58. The second-order valence-corrected chi connectivity index (χ2v) is 7.89. The Morgan fingerprint density at radius 2 is 1.73 bits per heavy atom. The first-order valence-corrected chi connectivity index (χ1v) is 10.7. The van der Waals surface area contributed by atoms with E-state index >= 15 is 0 Å². The molecule has 0 spiro atoms. The smallest absolute Gasteiger partial charge is 0.121 e. The van der Waals surface area contributed by atoms with Gasteiger partial charge in [0.05, 0.1) is 13.7 Å². The zero-order chi connectivity index (χ0) is 21.3. The van der Waals surface area contributed by atoms with Crippen molar-refractivity contribution in [1.82, 2.24) is 9.80 Å². The van der Waals surface area contributed by atoms with Gasteiger partial charge < -0.3 is 19.7 Å². The van der Waals surface area contributed by atoms with Crippen LogP contribution in [0.1, 0.15) is 23.1 Å². The summed E-state index contributed by atoms with van der Waals surface area (Å²) in [6, 6.07) is 14.8. The number of piperazine rings is 1. The topological polar surface area (TPSA) is 65.4 Å². The van der Waals surface area contributed by atoms with Gasteiger partial charge in [-0.15, -0.1) is 0 Å². The van der Waals surface area contributed by atoms with E-state index in [9.17, 15) is 5.11 Å². The fourth-order valence-electron chi connectivity index (χ4n) is 4.12. The molecule has 6 heteroatoms. The lowest BCUT2D eigenvalue weighted by Crippen LogP contribution is -2.52. The van der Waals surface area contributed by atoms with Gasteiger partial charge in [-0.3, -0.25) is 9.80 Å². The minimum atomic E-state index is 0.0222. The molecular formula is C24H34N2O4. The van der Waals surface area contributed by atoms with Crippen LogP contribution in [0.4, 0.5) is 0 Å². The lowest BCUT2D eigenvalue weighted by atomic mass is 10.0. The molecule has 3 rings (SSSR count). The first-order chi connectivity index (χ1) is 14.6. The molecule has 0 amide bonds. The normalized spacial score (nSPS) is 17.8. The molecule has 1 fully saturated rings. The van der Waals surface area contributed by atoms with Gasteiger partial charge in [0.15, 0.2) is 0 Å². The SMILES string of the molecule is COc1ccc(CN2CCN(Cc3ccc(OCCO)cc3)C[C@@H]2CCO)cc1C. The second-order valence-electron chi connectivity index (χ2n) is 7.89. The maximum absolute atomic E-state index is 9.60. The summed E-state index contributed by atoms with van der Waals surface area (Å²) in [6.07, 6.45) is 0.777. The van der Waals surface area contributed by atoms with Gasteiger partial charge in [-0.25, -0.2) is 0 Å². The second kappa shape index (κ2) is 11.3. The number of benzene rings is 2. The number of aliphatic hydroxyl groups is 2. The van der Waals surface area contributed by atoms with Crippen molar-refractivity contribution in [3.8, 4) is 11.5 Å². The van der Waals surface area contributed by atoms with Crippen molar-refractivity contribution < 1.29 is 19.7 Å². The molecule has 30 heavy (non-hydrogen) atoms. The molecule has 0 aromatic heterocycles. The number of aryl methyl sites for hydroxylation is 1. The Hall–Kier alpha value is -2.12. The molecular weight excluding hydrogens is 380 g/mol. The number of aliphatic hydroxyl groups excluding tert-OH is 2. The monoisotopic (exact) mass is 414 g/mol. The van der Waals surface area contributed by atoms with Crippen molar-refractivity contribution in [1.29, 1.82) is 0 Å². The molecule has 2 aromatic rings. The molecule has 1 aliphatic heterocycles. The van der Waals surface area contributed by atoms with Gasteiger partial charge in [-0.05, 0) is 48.2 Å². The van der Waals surface area contributed by atoms with Crippen LogP contribution < -0.4 is 9.47 Å². The molecule has 1 heterocycles. The van der Waals surface area contributed by atoms with E-state index in [0.29, 0.717) is 12.6 Å². The summed E-state index contributed by atoms with van der Waals surface area (Å²) in [4.78, 5) is 4.94. The Kier molecular flexibility index (Phi) is 8.51. The van der Waals surface area contributed by atoms with Crippen molar-refractivity contribution in [2.24, 2.45) is 0 Å². The number of hydrogen-bond acceptors (Lipinski definition) is 6. The molecule has 1 aliphatic rings. The Bertz CT molecular complexity index is 781. The fourth-order valence-corrected chi connectivity index (χ4v) is 4.12. The van der Waals surface area contributed by atoms with Gasteiger partial charge in [-0.1, -0.05) is 24.3 Å². The average Bonchev–Trinajstić information content (AvgIpc) is 2.75. The van der Waals surface area contributed by atoms with Crippen LogP contribution >= 0.6 is 0 Å². The van der Waals surface area contributed by atoms with Gasteiger partial charge in [0.25, 0.3) is 0 Å². The lowest BCUT2D eigenvalue weighted by molar-refractivity contribution is 0.0499. The maximum atomic E-state index is 9.60. The summed E-state index contributed by atoms with van der Waals surface area (Å²) in [5.41, 5.74) is 3.68. The van der Waals surface area contributed by atoms with E-state index in [2.05, 4.69) is 41.0 Å². The molecule has 0 unspecified atom stereocenters. The van der Waals surface area contributed by atoms with Crippen LogP contribution in [0.25, 0.3) is 0 Å². The van der Waals surface area contributed by atoms with Gasteiger partial charge in [-0.2, -0.15) is 0 Å². The zero-order valence-corrected chi connectivity index (χ0v) is 18.1. The van der Waals surface area contributed by atoms with E-state index in [1.165, 1.54) is 11.1 Å². The Morgan fingerprint density at radius 1 is 0.967 bits per heavy atom. The van der Waals surface area contributed by atoms with Crippen molar-refractivity contribution >= 4 is 0 Å². The minimum absolute atomic E-state index is 0.0222.